The van der Waals surface area contributed by atoms with Gasteiger partial charge in [0.25, 0.3) is 5.56 Å². The summed E-state index contributed by atoms with van der Waals surface area (Å²) in [5, 5.41) is 13.7. The van der Waals surface area contributed by atoms with Crippen molar-refractivity contribution < 1.29 is 9.47 Å². The lowest BCUT2D eigenvalue weighted by Crippen LogP contribution is -2.35. The number of H-pyrrole nitrogens is 1. The summed E-state index contributed by atoms with van der Waals surface area (Å²) < 4.78 is 12.4. The lowest BCUT2D eigenvalue weighted by atomic mass is 10.0. The van der Waals surface area contributed by atoms with Crippen LogP contribution in [0.2, 0.25) is 0 Å². The first-order valence-corrected chi connectivity index (χ1v) is 13.4. The van der Waals surface area contributed by atoms with Crippen LogP contribution >= 0.6 is 0 Å². The highest BCUT2D eigenvalue weighted by molar-refractivity contribution is 5.80. The van der Waals surface area contributed by atoms with E-state index in [0.29, 0.717) is 37.6 Å². The van der Waals surface area contributed by atoms with Crippen molar-refractivity contribution in [2.24, 2.45) is 0 Å². The van der Waals surface area contributed by atoms with Crippen LogP contribution in [0.15, 0.2) is 83.7 Å². The Morgan fingerprint density at radius 1 is 0.925 bits per heavy atom. The maximum atomic E-state index is 13.7. The van der Waals surface area contributed by atoms with Gasteiger partial charge in [0.15, 0.2) is 5.82 Å². The number of aryl methyl sites for hydroxylation is 1. The van der Waals surface area contributed by atoms with E-state index in [1.807, 2.05) is 60.7 Å². The molecule has 0 saturated heterocycles. The Balaban J connectivity index is 1.68. The minimum atomic E-state index is -0.535. The van der Waals surface area contributed by atoms with Crippen molar-refractivity contribution in [3.63, 3.8) is 0 Å². The molecular formula is C31H34N6O3. The van der Waals surface area contributed by atoms with Crippen LogP contribution in [-0.2, 0) is 30.8 Å². The first-order chi connectivity index (χ1) is 19.6. The van der Waals surface area contributed by atoms with Crippen LogP contribution in [0.4, 0.5) is 0 Å². The molecule has 0 aliphatic heterocycles. The largest absolute Gasteiger partial charge is 0.497 e. The Morgan fingerprint density at radius 2 is 1.65 bits per heavy atom. The Bertz CT molecular complexity index is 1600. The summed E-state index contributed by atoms with van der Waals surface area (Å²) in [6.45, 7) is 4.14. The molecular weight excluding hydrogens is 504 g/mol. The van der Waals surface area contributed by atoms with E-state index < -0.39 is 6.04 Å². The van der Waals surface area contributed by atoms with Crippen molar-refractivity contribution in [3.8, 4) is 5.75 Å². The van der Waals surface area contributed by atoms with Crippen molar-refractivity contribution in [1.29, 1.82) is 0 Å². The molecule has 0 aliphatic carbocycles. The number of hydrogen-bond acceptors (Lipinski definition) is 7. The van der Waals surface area contributed by atoms with Crippen LogP contribution in [0.1, 0.15) is 41.0 Å². The van der Waals surface area contributed by atoms with Crippen LogP contribution in [0.5, 0.6) is 5.75 Å². The van der Waals surface area contributed by atoms with Crippen molar-refractivity contribution in [2.75, 3.05) is 20.8 Å². The number of nitrogens with zero attached hydrogens (tertiary/aromatic N) is 5. The molecule has 0 spiro atoms. The standard InChI is InChI=1S/C31H34N6O3/c1-4-22-12-15-28-25(18-22)19-27(31(38)32-28)29(30-33-34-35-37(30)16-17-39-2)36(20-23-8-6-5-7-9-23)21-24-10-13-26(40-3)14-11-24/h5-15,18-19,29H,4,16-17,20-21H2,1-3H3,(H,32,38)/t29-/m0/s1. The second-order valence-corrected chi connectivity index (χ2v) is 9.72. The number of pyridine rings is 1. The van der Waals surface area contributed by atoms with Gasteiger partial charge in [-0.2, -0.15) is 0 Å². The van der Waals surface area contributed by atoms with Crippen LogP contribution in [0.3, 0.4) is 0 Å². The van der Waals surface area contributed by atoms with E-state index in [1.54, 1.807) is 18.9 Å². The second-order valence-electron chi connectivity index (χ2n) is 9.72. The fourth-order valence-corrected chi connectivity index (χ4v) is 4.96. The summed E-state index contributed by atoms with van der Waals surface area (Å²) in [6.07, 6.45) is 0.903. The van der Waals surface area contributed by atoms with Crippen molar-refractivity contribution in [1.82, 2.24) is 30.1 Å². The zero-order chi connectivity index (χ0) is 27.9. The first kappa shape index (κ1) is 27.2. The van der Waals surface area contributed by atoms with E-state index in [1.165, 1.54) is 5.56 Å². The molecule has 0 amide bonds. The van der Waals surface area contributed by atoms with Gasteiger partial charge in [-0.15, -0.1) is 5.10 Å². The van der Waals surface area contributed by atoms with Gasteiger partial charge in [-0.3, -0.25) is 9.69 Å². The quantitative estimate of drug-likeness (QED) is 0.249. The fraction of sp³-hybridized carbons (Fsp3) is 0.290. The molecule has 0 aliphatic rings. The van der Waals surface area contributed by atoms with Crippen LogP contribution in [0.25, 0.3) is 10.9 Å². The first-order valence-electron chi connectivity index (χ1n) is 13.4. The molecule has 9 nitrogen and oxygen atoms in total. The van der Waals surface area contributed by atoms with E-state index in [-0.39, 0.29) is 5.56 Å². The number of ether oxygens (including phenoxy) is 2. The highest BCUT2D eigenvalue weighted by Crippen LogP contribution is 2.30. The number of tetrazole rings is 1. The van der Waals surface area contributed by atoms with Gasteiger partial charge in [-0.05, 0) is 69.3 Å². The number of methoxy groups -OCH3 is 2. The molecule has 0 radical (unpaired) electrons. The summed E-state index contributed by atoms with van der Waals surface area (Å²) in [5.74, 6) is 1.37. The number of aromatic nitrogens is 5. The average Bonchev–Trinajstić information content (AvgIpc) is 3.45. The second kappa shape index (κ2) is 12.7. The van der Waals surface area contributed by atoms with E-state index in [0.717, 1.165) is 34.2 Å². The summed E-state index contributed by atoms with van der Waals surface area (Å²) >= 11 is 0. The normalized spacial score (nSPS) is 12.2. The molecule has 9 heteroatoms. The molecule has 1 atom stereocenters. The van der Waals surface area contributed by atoms with Gasteiger partial charge < -0.3 is 14.5 Å². The molecule has 2 heterocycles. The summed E-state index contributed by atoms with van der Waals surface area (Å²) in [6, 6.07) is 25.8. The summed E-state index contributed by atoms with van der Waals surface area (Å²) in [4.78, 5) is 19.1. The SMILES string of the molecule is CCc1ccc2[nH]c(=O)c([C@@H](c3nnnn3CCOC)N(Cc3ccccc3)Cc3ccc(OC)cc3)cc2c1. The Kier molecular flexibility index (Phi) is 8.63. The molecule has 2 aromatic heterocycles. The molecule has 0 unspecified atom stereocenters. The van der Waals surface area contributed by atoms with E-state index in [2.05, 4.69) is 50.5 Å². The number of hydrogen-bond donors (Lipinski definition) is 1. The van der Waals surface area contributed by atoms with Gasteiger partial charge in [0, 0.05) is 31.3 Å². The highest BCUT2D eigenvalue weighted by atomic mass is 16.5. The number of rotatable bonds is 12. The van der Waals surface area contributed by atoms with Gasteiger partial charge in [-0.25, -0.2) is 4.68 Å². The smallest absolute Gasteiger partial charge is 0.253 e. The van der Waals surface area contributed by atoms with Gasteiger partial charge in [0.2, 0.25) is 0 Å². The molecule has 1 N–H and O–H groups in total. The number of fused-ring (bicyclic) bond motifs is 1. The van der Waals surface area contributed by atoms with E-state index >= 15 is 0 Å². The molecule has 5 aromatic rings. The Morgan fingerprint density at radius 3 is 2.35 bits per heavy atom. The van der Waals surface area contributed by atoms with Crippen molar-refractivity contribution >= 4 is 10.9 Å². The highest BCUT2D eigenvalue weighted by Gasteiger charge is 2.31. The van der Waals surface area contributed by atoms with Gasteiger partial charge >= 0.3 is 0 Å². The number of benzene rings is 3. The Labute approximate surface area is 233 Å². The number of aromatic amines is 1. The van der Waals surface area contributed by atoms with E-state index in [4.69, 9.17) is 9.47 Å². The van der Waals surface area contributed by atoms with Crippen molar-refractivity contribution in [3.05, 3.63) is 117 Å². The third-order valence-corrected chi connectivity index (χ3v) is 7.09. The average molecular weight is 539 g/mol. The van der Waals surface area contributed by atoms with Crippen LogP contribution in [0, 0.1) is 0 Å². The van der Waals surface area contributed by atoms with E-state index in [9.17, 15) is 4.79 Å². The topological polar surface area (TPSA) is 98.2 Å². The third-order valence-electron chi connectivity index (χ3n) is 7.09. The lowest BCUT2D eigenvalue weighted by molar-refractivity contribution is 0.169. The summed E-state index contributed by atoms with van der Waals surface area (Å²) in [7, 11) is 3.30. The zero-order valence-electron chi connectivity index (χ0n) is 23.1. The maximum Gasteiger partial charge on any atom is 0.253 e. The van der Waals surface area contributed by atoms with Gasteiger partial charge in [-0.1, -0.05) is 55.5 Å². The fourth-order valence-electron chi connectivity index (χ4n) is 4.96. The molecule has 40 heavy (non-hydrogen) atoms. The Hall–Kier alpha value is -4.34. The monoisotopic (exact) mass is 538 g/mol. The minimum absolute atomic E-state index is 0.171. The van der Waals surface area contributed by atoms with Crippen LogP contribution < -0.4 is 10.3 Å². The van der Waals surface area contributed by atoms with Crippen LogP contribution in [-0.4, -0.2) is 50.9 Å². The summed E-state index contributed by atoms with van der Waals surface area (Å²) in [5.41, 5.74) is 4.60. The van der Waals surface area contributed by atoms with Crippen molar-refractivity contribution in [2.45, 2.75) is 39.0 Å². The molecule has 5 rings (SSSR count). The molecule has 0 bridgehead atoms. The van der Waals surface area contributed by atoms with Gasteiger partial charge in [0.1, 0.15) is 11.8 Å². The third kappa shape index (κ3) is 6.11. The molecule has 0 saturated carbocycles. The minimum Gasteiger partial charge on any atom is -0.497 e. The molecule has 3 aromatic carbocycles. The molecule has 0 fully saturated rings. The number of nitrogens with one attached hydrogen (secondary N) is 1. The predicted molar refractivity (Wildman–Crippen MR) is 154 cm³/mol. The van der Waals surface area contributed by atoms with Gasteiger partial charge in [0.05, 0.1) is 20.3 Å². The molecule has 206 valence electrons. The maximum absolute atomic E-state index is 13.7. The predicted octanol–water partition coefficient (Wildman–Crippen LogP) is 4.52. The zero-order valence-corrected chi connectivity index (χ0v) is 23.1. The lowest BCUT2D eigenvalue weighted by Gasteiger charge is -2.31.